The van der Waals surface area contributed by atoms with E-state index in [1.165, 1.54) is 11.3 Å². The molecule has 0 amide bonds. The molecule has 0 spiro atoms. The minimum absolute atomic E-state index is 0. The number of para-hydroxylation sites is 1. The van der Waals surface area contributed by atoms with Crippen LogP contribution in [-0.2, 0) is 11.3 Å². The normalized spacial score (nSPS) is 15.0. The zero-order valence-corrected chi connectivity index (χ0v) is 15.4. The van der Waals surface area contributed by atoms with E-state index in [1.807, 2.05) is 6.08 Å². The number of ether oxygens (including phenoxy) is 1. The van der Waals surface area contributed by atoms with Crippen molar-refractivity contribution in [1.29, 1.82) is 0 Å². The molecule has 0 atom stereocenters. The first-order valence-electron chi connectivity index (χ1n) is 7.31. The molecular formula is C16H25IN4O. The van der Waals surface area contributed by atoms with Crippen LogP contribution in [0.3, 0.4) is 0 Å². The molecule has 1 aromatic rings. The van der Waals surface area contributed by atoms with E-state index in [9.17, 15) is 0 Å². The number of nitrogens with zero attached hydrogens (tertiary/aromatic N) is 2. The van der Waals surface area contributed by atoms with E-state index < -0.39 is 0 Å². The number of morpholine rings is 1. The van der Waals surface area contributed by atoms with Crippen molar-refractivity contribution in [3.8, 4) is 0 Å². The first-order valence-corrected chi connectivity index (χ1v) is 7.31. The van der Waals surface area contributed by atoms with Gasteiger partial charge in [0.25, 0.3) is 0 Å². The molecule has 0 unspecified atom stereocenters. The monoisotopic (exact) mass is 416 g/mol. The van der Waals surface area contributed by atoms with Crippen molar-refractivity contribution in [2.75, 3.05) is 44.8 Å². The highest BCUT2D eigenvalue weighted by Crippen LogP contribution is 2.21. The van der Waals surface area contributed by atoms with Gasteiger partial charge in [-0.05, 0) is 11.6 Å². The van der Waals surface area contributed by atoms with E-state index in [1.54, 1.807) is 7.05 Å². The summed E-state index contributed by atoms with van der Waals surface area (Å²) in [5.74, 6) is 0.784. The lowest BCUT2D eigenvalue weighted by atomic mass is 10.1. The van der Waals surface area contributed by atoms with Gasteiger partial charge in [0.2, 0.25) is 0 Å². The molecule has 0 aliphatic carbocycles. The van der Waals surface area contributed by atoms with Crippen LogP contribution >= 0.6 is 24.0 Å². The lowest BCUT2D eigenvalue weighted by Gasteiger charge is -2.30. The van der Waals surface area contributed by atoms with Crippen molar-refractivity contribution in [2.45, 2.75) is 6.54 Å². The minimum atomic E-state index is 0. The number of hydrogen-bond acceptors (Lipinski definition) is 3. The Kier molecular flexibility index (Phi) is 8.91. The zero-order chi connectivity index (χ0) is 14.9. The van der Waals surface area contributed by atoms with E-state index in [4.69, 9.17) is 4.74 Å². The van der Waals surface area contributed by atoms with Crippen LogP contribution in [0.2, 0.25) is 0 Å². The second-order valence-electron chi connectivity index (χ2n) is 4.82. The average molecular weight is 416 g/mol. The van der Waals surface area contributed by atoms with Crippen molar-refractivity contribution in [2.24, 2.45) is 4.99 Å². The molecular weight excluding hydrogens is 391 g/mol. The Hall–Kier alpha value is -1.28. The van der Waals surface area contributed by atoms with Gasteiger partial charge in [-0.25, -0.2) is 0 Å². The molecule has 0 saturated carbocycles. The molecule has 1 aromatic carbocycles. The second kappa shape index (κ2) is 10.4. The Bertz CT molecular complexity index is 487. The van der Waals surface area contributed by atoms with E-state index in [0.717, 1.165) is 38.8 Å². The summed E-state index contributed by atoms with van der Waals surface area (Å²) < 4.78 is 5.43. The standard InChI is InChI=1S/C16H24N4O.HI/c1-3-8-18-16(17-2)19-13-14-6-4-5-7-15(14)20-9-11-21-12-10-20;/h3-7H,1,8-13H2,2H3,(H2,17,18,19);1H. The van der Waals surface area contributed by atoms with Crippen molar-refractivity contribution in [1.82, 2.24) is 10.6 Å². The molecule has 1 heterocycles. The molecule has 2 rings (SSSR count). The van der Waals surface area contributed by atoms with Crippen LogP contribution in [0, 0.1) is 0 Å². The van der Waals surface area contributed by atoms with Gasteiger partial charge in [0.1, 0.15) is 0 Å². The maximum Gasteiger partial charge on any atom is 0.191 e. The molecule has 0 radical (unpaired) electrons. The number of benzene rings is 1. The van der Waals surface area contributed by atoms with Gasteiger partial charge in [-0.3, -0.25) is 4.99 Å². The smallest absolute Gasteiger partial charge is 0.191 e. The molecule has 22 heavy (non-hydrogen) atoms. The number of halogens is 1. The lowest BCUT2D eigenvalue weighted by Crippen LogP contribution is -2.39. The second-order valence-corrected chi connectivity index (χ2v) is 4.82. The Morgan fingerprint density at radius 2 is 2.05 bits per heavy atom. The summed E-state index contributed by atoms with van der Waals surface area (Å²) in [7, 11) is 1.77. The number of guanidine groups is 1. The Labute approximate surface area is 149 Å². The average Bonchev–Trinajstić information content (AvgIpc) is 2.56. The molecule has 5 nitrogen and oxygen atoms in total. The molecule has 0 aromatic heterocycles. The first kappa shape index (κ1) is 18.8. The van der Waals surface area contributed by atoms with Crippen LogP contribution in [0.25, 0.3) is 0 Å². The van der Waals surface area contributed by atoms with E-state index >= 15 is 0 Å². The first-order chi connectivity index (χ1) is 10.3. The fraction of sp³-hybridized carbons (Fsp3) is 0.438. The van der Waals surface area contributed by atoms with E-state index in [-0.39, 0.29) is 24.0 Å². The highest BCUT2D eigenvalue weighted by atomic mass is 127. The molecule has 1 aliphatic rings. The molecule has 1 saturated heterocycles. The summed E-state index contributed by atoms with van der Waals surface area (Å²) in [6, 6.07) is 8.47. The molecule has 6 heteroatoms. The summed E-state index contributed by atoms with van der Waals surface area (Å²) in [6.45, 7) is 8.62. The Morgan fingerprint density at radius 3 is 2.73 bits per heavy atom. The van der Waals surface area contributed by atoms with Gasteiger partial charge in [-0.1, -0.05) is 24.3 Å². The fourth-order valence-electron chi connectivity index (χ4n) is 2.34. The van der Waals surface area contributed by atoms with Crippen molar-refractivity contribution in [3.05, 3.63) is 42.5 Å². The van der Waals surface area contributed by atoms with E-state index in [2.05, 4.69) is 51.4 Å². The van der Waals surface area contributed by atoms with Gasteiger partial charge in [0, 0.05) is 38.9 Å². The van der Waals surface area contributed by atoms with Gasteiger partial charge in [-0.15, -0.1) is 30.6 Å². The SMILES string of the molecule is C=CCNC(=NC)NCc1ccccc1N1CCOCC1.I. The number of aliphatic imine (C=N–C) groups is 1. The van der Waals surface area contributed by atoms with Crippen molar-refractivity contribution in [3.63, 3.8) is 0 Å². The van der Waals surface area contributed by atoms with Crippen LogP contribution in [-0.4, -0.2) is 45.9 Å². The van der Waals surface area contributed by atoms with Crippen molar-refractivity contribution < 1.29 is 4.74 Å². The zero-order valence-electron chi connectivity index (χ0n) is 13.0. The van der Waals surface area contributed by atoms with Crippen molar-refractivity contribution >= 4 is 35.6 Å². The van der Waals surface area contributed by atoms with Crippen LogP contribution in [0.4, 0.5) is 5.69 Å². The highest BCUT2D eigenvalue weighted by molar-refractivity contribution is 14.0. The van der Waals surface area contributed by atoms with Crippen LogP contribution in [0.1, 0.15) is 5.56 Å². The van der Waals surface area contributed by atoms with Gasteiger partial charge >= 0.3 is 0 Å². The maximum absolute atomic E-state index is 5.43. The van der Waals surface area contributed by atoms with Gasteiger partial charge in [-0.2, -0.15) is 0 Å². The topological polar surface area (TPSA) is 48.9 Å². The maximum atomic E-state index is 5.43. The molecule has 1 aliphatic heterocycles. The van der Waals surface area contributed by atoms with Gasteiger partial charge in [0.15, 0.2) is 5.96 Å². The number of anilines is 1. The quantitative estimate of drug-likeness (QED) is 0.334. The number of rotatable bonds is 5. The summed E-state index contributed by atoms with van der Waals surface area (Å²) in [4.78, 5) is 6.57. The highest BCUT2D eigenvalue weighted by Gasteiger charge is 2.14. The van der Waals surface area contributed by atoms with Crippen LogP contribution in [0.15, 0.2) is 41.9 Å². The predicted octanol–water partition coefficient (Wildman–Crippen LogP) is 1.99. The number of hydrogen-bond donors (Lipinski definition) is 2. The molecule has 1 fully saturated rings. The van der Waals surface area contributed by atoms with Gasteiger partial charge in [0.05, 0.1) is 13.2 Å². The third-order valence-corrected chi connectivity index (χ3v) is 3.43. The lowest BCUT2D eigenvalue weighted by molar-refractivity contribution is 0.122. The van der Waals surface area contributed by atoms with Crippen LogP contribution < -0.4 is 15.5 Å². The van der Waals surface area contributed by atoms with E-state index in [0.29, 0.717) is 6.54 Å². The molecule has 2 N–H and O–H groups in total. The molecule has 122 valence electrons. The number of nitrogens with one attached hydrogen (secondary N) is 2. The summed E-state index contributed by atoms with van der Waals surface area (Å²) in [5.41, 5.74) is 2.54. The summed E-state index contributed by atoms with van der Waals surface area (Å²) in [5, 5.41) is 6.51. The summed E-state index contributed by atoms with van der Waals surface area (Å²) in [6.07, 6.45) is 1.81. The molecule has 0 bridgehead atoms. The summed E-state index contributed by atoms with van der Waals surface area (Å²) >= 11 is 0. The predicted molar refractivity (Wildman–Crippen MR) is 103 cm³/mol. The van der Waals surface area contributed by atoms with Gasteiger partial charge < -0.3 is 20.3 Å². The Morgan fingerprint density at radius 1 is 1.32 bits per heavy atom. The largest absolute Gasteiger partial charge is 0.378 e. The fourth-order valence-corrected chi connectivity index (χ4v) is 2.34. The Balaban J connectivity index is 0.00000242. The van der Waals surface area contributed by atoms with Crippen LogP contribution in [0.5, 0.6) is 0 Å². The third-order valence-electron chi connectivity index (χ3n) is 3.43. The third kappa shape index (κ3) is 5.49. The minimum Gasteiger partial charge on any atom is -0.378 e.